The van der Waals surface area contributed by atoms with Crippen LogP contribution in [0.15, 0.2) is 41.3 Å². The summed E-state index contributed by atoms with van der Waals surface area (Å²) in [4.78, 5) is 41.8. The van der Waals surface area contributed by atoms with E-state index in [1.165, 1.54) is 4.52 Å². The van der Waals surface area contributed by atoms with E-state index in [4.69, 9.17) is 10.2 Å². The van der Waals surface area contributed by atoms with Crippen LogP contribution in [0.3, 0.4) is 0 Å². The predicted octanol–water partition coefficient (Wildman–Crippen LogP) is 0.859. The number of fused-ring (bicyclic) bond motifs is 1. The number of hydrogen-bond acceptors (Lipinski definition) is 11. The van der Waals surface area contributed by atoms with E-state index >= 15 is 0 Å². The van der Waals surface area contributed by atoms with Crippen LogP contribution in [0.25, 0.3) is 17.4 Å². The molecule has 0 aliphatic carbocycles. The Bertz CT molecular complexity index is 1320. The Hall–Kier alpha value is -4.29. The maximum Gasteiger partial charge on any atom is 0.259 e. The van der Waals surface area contributed by atoms with Crippen molar-refractivity contribution in [2.24, 2.45) is 0 Å². The van der Waals surface area contributed by atoms with Crippen LogP contribution >= 0.6 is 0 Å². The number of anilines is 3. The lowest BCUT2D eigenvalue weighted by Crippen LogP contribution is -2.47. The van der Waals surface area contributed by atoms with E-state index < -0.39 is 0 Å². The van der Waals surface area contributed by atoms with Crippen molar-refractivity contribution in [1.82, 2.24) is 39.4 Å². The fourth-order valence-electron chi connectivity index (χ4n) is 4.70. The van der Waals surface area contributed by atoms with Gasteiger partial charge in [0.25, 0.3) is 5.78 Å². The molecule has 0 saturated carbocycles. The molecule has 180 valence electrons. The monoisotopic (exact) mass is 475 g/mol. The third-order valence-electron chi connectivity index (χ3n) is 6.40. The molecular weight excluding hydrogens is 450 g/mol. The SMILES string of the molecule is Nc1nc(N2CCCC2C(=O)N2CCCN(c3ncccn3)CC2)nc2nc(-c3ccco3)nn12. The lowest BCUT2D eigenvalue weighted by atomic mass is 10.2. The van der Waals surface area contributed by atoms with Crippen molar-refractivity contribution in [1.29, 1.82) is 0 Å². The lowest BCUT2D eigenvalue weighted by Gasteiger charge is -2.29. The molecule has 0 spiro atoms. The van der Waals surface area contributed by atoms with Crippen LogP contribution in [0.4, 0.5) is 17.8 Å². The fourth-order valence-corrected chi connectivity index (χ4v) is 4.70. The summed E-state index contributed by atoms with van der Waals surface area (Å²) in [6, 6.07) is 4.98. The minimum atomic E-state index is -0.344. The number of furan rings is 1. The summed E-state index contributed by atoms with van der Waals surface area (Å²) in [7, 11) is 0. The van der Waals surface area contributed by atoms with Gasteiger partial charge in [0.1, 0.15) is 6.04 Å². The van der Waals surface area contributed by atoms with Gasteiger partial charge in [0, 0.05) is 45.1 Å². The average molecular weight is 476 g/mol. The Morgan fingerprint density at radius 3 is 2.69 bits per heavy atom. The maximum atomic E-state index is 13.6. The van der Waals surface area contributed by atoms with Gasteiger partial charge in [-0.15, -0.1) is 5.10 Å². The first-order chi connectivity index (χ1) is 17.2. The Balaban J connectivity index is 1.21. The molecule has 2 N–H and O–H groups in total. The number of hydrogen-bond donors (Lipinski definition) is 1. The number of nitrogens with two attached hydrogens (primary N) is 1. The molecule has 0 radical (unpaired) electrons. The zero-order valence-electron chi connectivity index (χ0n) is 19.1. The Kier molecular flexibility index (Phi) is 5.35. The van der Waals surface area contributed by atoms with Gasteiger partial charge < -0.3 is 24.9 Å². The number of nitrogens with zero attached hydrogens (tertiary/aromatic N) is 10. The van der Waals surface area contributed by atoms with E-state index in [0.717, 1.165) is 25.8 Å². The standard InChI is InChI=1S/C22H25N11O2/c23-19-27-21(28-22-26-17(29-33(19)22)16-6-2-14-35-16)32-11-1-5-15(32)18(34)30-9-4-10-31(13-12-30)20-24-7-3-8-25-20/h2-3,6-8,14-15H,1,4-5,9-13H2,(H2,23,26,27,28,29). The van der Waals surface area contributed by atoms with Gasteiger partial charge in [0.05, 0.1) is 6.26 Å². The number of nitrogen functional groups attached to an aromatic ring is 1. The van der Waals surface area contributed by atoms with Crippen molar-refractivity contribution < 1.29 is 9.21 Å². The summed E-state index contributed by atoms with van der Waals surface area (Å²) in [5.74, 6) is 2.52. The van der Waals surface area contributed by atoms with Gasteiger partial charge in [-0.05, 0) is 37.5 Å². The van der Waals surface area contributed by atoms with E-state index in [1.807, 2.05) is 9.80 Å². The summed E-state index contributed by atoms with van der Waals surface area (Å²) < 4.78 is 6.76. The Morgan fingerprint density at radius 2 is 1.86 bits per heavy atom. The highest BCUT2D eigenvalue weighted by Crippen LogP contribution is 2.26. The van der Waals surface area contributed by atoms with E-state index in [0.29, 0.717) is 55.4 Å². The Morgan fingerprint density at radius 1 is 0.971 bits per heavy atom. The molecule has 1 amide bonds. The molecule has 13 nitrogen and oxygen atoms in total. The lowest BCUT2D eigenvalue weighted by molar-refractivity contribution is -0.132. The van der Waals surface area contributed by atoms with Crippen LogP contribution in [0, 0.1) is 0 Å². The molecule has 6 rings (SSSR count). The number of amides is 1. The molecule has 0 aromatic carbocycles. The van der Waals surface area contributed by atoms with Crippen molar-refractivity contribution in [3.8, 4) is 11.6 Å². The molecule has 35 heavy (non-hydrogen) atoms. The van der Waals surface area contributed by atoms with Crippen LogP contribution in [-0.2, 0) is 4.79 Å². The Labute approximate surface area is 200 Å². The molecule has 1 atom stereocenters. The number of rotatable bonds is 4. The average Bonchev–Trinajstić information content (AvgIpc) is 3.62. The van der Waals surface area contributed by atoms with E-state index in [-0.39, 0.29) is 17.9 Å². The minimum Gasteiger partial charge on any atom is -0.461 e. The van der Waals surface area contributed by atoms with Crippen molar-refractivity contribution in [2.75, 3.05) is 48.3 Å². The highest BCUT2D eigenvalue weighted by Gasteiger charge is 2.36. The molecule has 1 unspecified atom stereocenters. The molecule has 2 fully saturated rings. The van der Waals surface area contributed by atoms with Crippen molar-refractivity contribution in [3.63, 3.8) is 0 Å². The molecule has 6 heterocycles. The van der Waals surface area contributed by atoms with Gasteiger partial charge in [-0.1, -0.05) is 0 Å². The molecule has 2 saturated heterocycles. The van der Waals surface area contributed by atoms with Crippen LogP contribution in [-0.4, -0.2) is 84.1 Å². The van der Waals surface area contributed by atoms with Gasteiger partial charge in [0.15, 0.2) is 5.76 Å². The number of carbonyl (C=O) groups is 1. The summed E-state index contributed by atoms with van der Waals surface area (Å²) in [5, 5.41) is 4.35. The second-order valence-electron chi connectivity index (χ2n) is 8.57. The van der Waals surface area contributed by atoms with Crippen molar-refractivity contribution in [2.45, 2.75) is 25.3 Å². The molecule has 2 aliphatic heterocycles. The summed E-state index contributed by atoms with van der Waals surface area (Å²) in [5.41, 5.74) is 6.19. The molecule has 2 aliphatic rings. The van der Waals surface area contributed by atoms with Gasteiger partial charge in [-0.3, -0.25) is 4.79 Å². The molecule has 13 heteroatoms. The second kappa shape index (κ2) is 8.81. The predicted molar refractivity (Wildman–Crippen MR) is 127 cm³/mol. The third-order valence-corrected chi connectivity index (χ3v) is 6.40. The summed E-state index contributed by atoms with van der Waals surface area (Å²) in [6.07, 6.45) is 7.48. The molecular formula is C22H25N11O2. The molecule has 4 aromatic heterocycles. The van der Waals surface area contributed by atoms with Crippen LogP contribution in [0.2, 0.25) is 0 Å². The first kappa shape index (κ1) is 21.3. The molecule has 4 aromatic rings. The van der Waals surface area contributed by atoms with Gasteiger partial charge in [0.2, 0.25) is 29.6 Å². The normalized spacial score (nSPS) is 18.9. The van der Waals surface area contributed by atoms with E-state index in [2.05, 4.69) is 34.9 Å². The van der Waals surface area contributed by atoms with Crippen LogP contribution in [0.1, 0.15) is 19.3 Å². The topological polar surface area (TPSA) is 148 Å². The highest BCUT2D eigenvalue weighted by atomic mass is 16.3. The zero-order valence-corrected chi connectivity index (χ0v) is 19.1. The van der Waals surface area contributed by atoms with Crippen LogP contribution in [0.5, 0.6) is 0 Å². The summed E-state index contributed by atoms with van der Waals surface area (Å²) in [6.45, 7) is 3.46. The third kappa shape index (κ3) is 3.98. The number of aromatic nitrogens is 7. The van der Waals surface area contributed by atoms with E-state index in [1.54, 1.807) is 36.9 Å². The van der Waals surface area contributed by atoms with Crippen molar-refractivity contribution in [3.05, 3.63) is 36.9 Å². The van der Waals surface area contributed by atoms with Crippen LogP contribution < -0.4 is 15.5 Å². The van der Waals surface area contributed by atoms with Gasteiger partial charge in [-0.2, -0.15) is 19.5 Å². The first-order valence-corrected chi connectivity index (χ1v) is 11.7. The highest BCUT2D eigenvalue weighted by molar-refractivity contribution is 5.85. The number of carbonyl (C=O) groups excluding carboxylic acids is 1. The zero-order chi connectivity index (χ0) is 23.8. The minimum absolute atomic E-state index is 0.0816. The van der Waals surface area contributed by atoms with E-state index in [9.17, 15) is 4.79 Å². The second-order valence-corrected chi connectivity index (χ2v) is 8.57. The maximum absolute atomic E-state index is 13.6. The van der Waals surface area contributed by atoms with Gasteiger partial charge in [-0.25, -0.2) is 9.97 Å². The molecule has 0 bridgehead atoms. The largest absolute Gasteiger partial charge is 0.461 e. The van der Waals surface area contributed by atoms with Crippen molar-refractivity contribution >= 4 is 29.5 Å². The first-order valence-electron chi connectivity index (χ1n) is 11.7. The smallest absolute Gasteiger partial charge is 0.259 e. The summed E-state index contributed by atoms with van der Waals surface area (Å²) >= 11 is 0. The van der Waals surface area contributed by atoms with Gasteiger partial charge >= 0.3 is 0 Å². The fraction of sp³-hybridized carbons (Fsp3) is 0.409. The quantitative estimate of drug-likeness (QED) is 0.448.